The highest BCUT2D eigenvalue weighted by atomic mass is 19.1. The number of benzene rings is 1. The molecule has 5 aliphatic rings. The van der Waals surface area contributed by atoms with Gasteiger partial charge in [0, 0.05) is 13.1 Å². The maximum Gasteiger partial charge on any atom is 0.242 e. The minimum Gasteiger partial charge on any atom is -0.354 e. The number of nitrogens with zero attached hydrogens (tertiary/aromatic N) is 1. The molecule has 1 saturated heterocycles. The molecule has 4 bridgehead atoms. The third-order valence-electron chi connectivity index (χ3n) is 7.96. The molecule has 4 saturated carbocycles. The Morgan fingerprint density at radius 2 is 1.72 bits per heavy atom. The van der Waals surface area contributed by atoms with Gasteiger partial charge in [0.1, 0.15) is 11.9 Å². The smallest absolute Gasteiger partial charge is 0.242 e. The number of halogens is 1. The van der Waals surface area contributed by atoms with Crippen LogP contribution < -0.4 is 5.32 Å². The lowest BCUT2D eigenvalue weighted by Crippen LogP contribution is -2.57. The second-order valence-corrected chi connectivity index (χ2v) is 9.99. The highest BCUT2D eigenvalue weighted by Gasteiger charge is 2.56. The molecule has 0 spiro atoms. The van der Waals surface area contributed by atoms with Crippen molar-refractivity contribution >= 4 is 11.8 Å². The van der Waals surface area contributed by atoms with E-state index < -0.39 is 0 Å². The van der Waals surface area contributed by atoms with Gasteiger partial charge < -0.3 is 10.2 Å². The van der Waals surface area contributed by atoms with Gasteiger partial charge in [-0.25, -0.2) is 4.39 Å². The summed E-state index contributed by atoms with van der Waals surface area (Å²) in [5.41, 5.74) is 0.422. The zero-order valence-electron chi connectivity index (χ0n) is 17.0. The number of hydrogen-bond donors (Lipinski definition) is 1. The Kier molecular flexibility index (Phi) is 4.87. The lowest BCUT2D eigenvalue weighted by atomic mass is 9.49. The van der Waals surface area contributed by atoms with Crippen LogP contribution in [0.3, 0.4) is 0 Å². The van der Waals surface area contributed by atoms with Gasteiger partial charge in [-0.05, 0) is 87.2 Å². The maximum absolute atomic E-state index is 13.8. The second-order valence-electron chi connectivity index (χ2n) is 9.99. The summed E-state index contributed by atoms with van der Waals surface area (Å²) in [5.74, 6) is 2.11. The zero-order chi connectivity index (χ0) is 20.0. The predicted octanol–water partition coefficient (Wildman–Crippen LogP) is 3.69. The Bertz CT molecular complexity index is 773. The average Bonchev–Trinajstić information content (AvgIpc) is 3.17. The lowest BCUT2D eigenvalue weighted by molar-refractivity contribution is -0.160. The first kappa shape index (κ1) is 19.1. The summed E-state index contributed by atoms with van der Waals surface area (Å²) in [4.78, 5) is 28.4. The summed E-state index contributed by atoms with van der Waals surface area (Å²) in [6.07, 6.45) is 9.15. The molecule has 4 aliphatic carbocycles. The Morgan fingerprint density at radius 1 is 1.07 bits per heavy atom. The van der Waals surface area contributed by atoms with Crippen molar-refractivity contribution in [2.75, 3.05) is 13.1 Å². The quantitative estimate of drug-likeness (QED) is 0.822. The molecule has 6 rings (SSSR count). The number of likely N-dealkylation sites (tertiary alicyclic amines) is 1. The van der Waals surface area contributed by atoms with Crippen molar-refractivity contribution in [3.05, 3.63) is 35.6 Å². The van der Waals surface area contributed by atoms with Crippen LogP contribution in [0.4, 0.5) is 4.39 Å². The van der Waals surface area contributed by atoms with Gasteiger partial charge in [0.2, 0.25) is 11.8 Å². The van der Waals surface area contributed by atoms with Gasteiger partial charge in [-0.15, -0.1) is 0 Å². The molecule has 156 valence electrons. The van der Waals surface area contributed by atoms with E-state index in [4.69, 9.17) is 0 Å². The molecule has 1 heterocycles. The number of amides is 2. The molecule has 4 nitrogen and oxygen atoms in total. The molecule has 1 aromatic carbocycles. The van der Waals surface area contributed by atoms with E-state index in [9.17, 15) is 14.0 Å². The Labute approximate surface area is 172 Å². The van der Waals surface area contributed by atoms with Crippen molar-refractivity contribution in [2.24, 2.45) is 23.2 Å². The summed E-state index contributed by atoms with van der Waals surface area (Å²) in [7, 11) is 0. The second kappa shape index (κ2) is 7.41. The average molecular weight is 399 g/mol. The van der Waals surface area contributed by atoms with Gasteiger partial charge in [0.05, 0.1) is 5.41 Å². The van der Waals surface area contributed by atoms with Crippen molar-refractivity contribution in [3.63, 3.8) is 0 Å². The number of rotatable bonds is 5. The molecule has 1 N–H and O–H groups in total. The Balaban J connectivity index is 1.22. The van der Waals surface area contributed by atoms with Crippen LogP contribution >= 0.6 is 0 Å². The third kappa shape index (κ3) is 3.47. The topological polar surface area (TPSA) is 49.4 Å². The highest BCUT2D eigenvalue weighted by molar-refractivity contribution is 5.91. The fraction of sp³-hybridized carbons (Fsp3) is 0.667. The molecule has 1 atom stereocenters. The normalized spacial score (nSPS) is 35.1. The van der Waals surface area contributed by atoms with E-state index in [1.807, 2.05) is 11.0 Å². The minimum atomic E-state index is -0.351. The Hall–Kier alpha value is -1.91. The van der Waals surface area contributed by atoms with E-state index in [1.54, 1.807) is 12.1 Å². The van der Waals surface area contributed by atoms with Gasteiger partial charge in [0.15, 0.2) is 0 Å². The van der Waals surface area contributed by atoms with Crippen molar-refractivity contribution in [1.82, 2.24) is 10.2 Å². The lowest BCUT2D eigenvalue weighted by Gasteiger charge is -2.56. The molecule has 1 unspecified atom stereocenters. The molecule has 0 radical (unpaired) electrons. The van der Waals surface area contributed by atoms with Crippen LogP contribution in [-0.4, -0.2) is 35.8 Å². The van der Waals surface area contributed by atoms with Crippen LogP contribution in [0.25, 0.3) is 0 Å². The number of carbonyl (C=O) groups is 2. The van der Waals surface area contributed by atoms with Crippen LogP contribution in [0.5, 0.6) is 0 Å². The van der Waals surface area contributed by atoms with Crippen molar-refractivity contribution < 1.29 is 14.0 Å². The van der Waals surface area contributed by atoms with E-state index in [-0.39, 0.29) is 29.1 Å². The molecular formula is C24H31FN2O2. The molecule has 29 heavy (non-hydrogen) atoms. The van der Waals surface area contributed by atoms with E-state index in [0.29, 0.717) is 25.1 Å². The molecular weight excluding hydrogens is 367 g/mol. The first-order valence-electron chi connectivity index (χ1n) is 11.4. The molecule has 0 aromatic heterocycles. The van der Waals surface area contributed by atoms with Crippen LogP contribution in [-0.2, 0) is 16.0 Å². The molecule has 5 heteroatoms. The largest absolute Gasteiger partial charge is 0.354 e. The van der Waals surface area contributed by atoms with E-state index in [1.165, 1.54) is 25.3 Å². The van der Waals surface area contributed by atoms with Crippen LogP contribution in [0.1, 0.15) is 56.9 Å². The summed E-state index contributed by atoms with van der Waals surface area (Å²) < 4.78 is 13.8. The molecule has 1 aliphatic heterocycles. The monoisotopic (exact) mass is 398 g/mol. The maximum atomic E-state index is 13.8. The van der Waals surface area contributed by atoms with Crippen LogP contribution in [0.15, 0.2) is 24.3 Å². The molecule has 1 aromatic rings. The van der Waals surface area contributed by atoms with Crippen LogP contribution in [0.2, 0.25) is 0 Å². The van der Waals surface area contributed by atoms with Gasteiger partial charge >= 0.3 is 0 Å². The third-order valence-corrected chi connectivity index (χ3v) is 7.96. The summed E-state index contributed by atoms with van der Waals surface area (Å²) in [6.45, 7) is 1.10. The zero-order valence-corrected chi connectivity index (χ0v) is 17.0. The number of hydrogen-bond acceptors (Lipinski definition) is 2. The van der Waals surface area contributed by atoms with E-state index in [2.05, 4.69) is 5.32 Å². The minimum absolute atomic E-state index is 0.0723. The summed E-state index contributed by atoms with van der Waals surface area (Å²) in [5, 5.41) is 2.96. The fourth-order valence-electron chi connectivity index (χ4n) is 7.10. The predicted molar refractivity (Wildman–Crippen MR) is 108 cm³/mol. The molecule has 2 amide bonds. The first-order chi connectivity index (χ1) is 14.0. The van der Waals surface area contributed by atoms with Crippen molar-refractivity contribution in [1.29, 1.82) is 0 Å². The summed E-state index contributed by atoms with van der Waals surface area (Å²) >= 11 is 0. The van der Waals surface area contributed by atoms with Crippen molar-refractivity contribution in [3.8, 4) is 0 Å². The number of nitrogens with one attached hydrogen (secondary N) is 1. The van der Waals surface area contributed by atoms with Crippen molar-refractivity contribution in [2.45, 2.75) is 63.8 Å². The summed E-state index contributed by atoms with van der Waals surface area (Å²) in [6, 6.07) is 6.32. The standard InChI is InChI=1S/C24H31FN2O2/c25-20-5-2-1-4-19(20)7-8-26-22(28)21-6-3-9-27(21)23(29)24-13-16-10-17(14-24)12-18(11-16)15-24/h1-2,4-5,16-18,21H,3,6-15H2,(H,26,28). The SMILES string of the molecule is O=C(NCCc1ccccc1F)C1CCCN1C(=O)C12CC3CC(CC(C3)C1)C2. The van der Waals surface area contributed by atoms with E-state index in [0.717, 1.165) is 49.9 Å². The number of carbonyl (C=O) groups excluding carboxylic acids is 2. The first-order valence-corrected chi connectivity index (χ1v) is 11.4. The fourth-order valence-corrected chi connectivity index (χ4v) is 7.10. The highest BCUT2D eigenvalue weighted by Crippen LogP contribution is 2.60. The van der Waals surface area contributed by atoms with Gasteiger partial charge in [-0.3, -0.25) is 9.59 Å². The van der Waals surface area contributed by atoms with Gasteiger partial charge in [0.25, 0.3) is 0 Å². The van der Waals surface area contributed by atoms with Gasteiger partial charge in [-0.1, -0.05) is 18.2 Å². The molecule has 5 fully saturated rings. The van der Waals surface area contributed by atoms with Crippen LogP contribution in [0, 0.1) is 29.0 Å². The van der Waals surface area contributed by atoms with Gasteiger partial charge in [-0.2, -0.15) is 0 Å². The Morgan fingerprint density at radius 3 is 2.38 bits per heavy atom. The van der Waals surface area contributed by atoms with E-state index >= 15 is 0 Å².